The van der Waals surface area contributed by atoms with Gasteiger partial charge in [0.2, 0.25) is 5.91 Å². The summed E-state index contributed by atoms with van der Waals surface area (Å²) < 4.78 is 5.75. The van der Waals surface area contributed by atoms with Crippen molar-refractivity contribution in [2.75, 3.05) is 19.7 Å². The Bertz CT molecular complexity index is 434. The lowest BCUT2D eigenvalue weighted by atomic mass is 10.0. The molecular weight excluding hydrogens is 278 g/mol. The number of amides is 1. The van der Waals surface area contributed by atoms with E-state index in [2.05, 4.69) is 18.3 Å². The van der Waals surface area contributed by atoms with Crippen molar-refractivity contribution in [2.45, 2.75) is 63.6 Å². The van der Waals surface area contributed by atoms with Crippen LogP contribution in [0.5, 0.6) is 0 Å². The highest BCUT2D eigenvalue weighted by atomic mass is 16.5. The molecular formula is C17H27N3O2. The lowest BCUT2D eigenvalue weighted by Crippen LogP contribution is -2.43. The van der Waals surface area contributed by atoms with Crippen LogP contribution in [0.25, 0.3) is 0 Å². The third-order valence-corrected chi connectivity index (χ3v) is 5.64. The van der Waals surface area contributed by atoms with Crippen molar-refractivity contribution in [3.05, 3.63) is 0 Å². The number of likely N-dealkylation sites (tertiary alicyclic amines) is 1. The summed E-state index contributed by atoms with van der Waals surface area (Å²) >= 11 is 0. The van der Waals surface area contributed by atoms with Gasteiger partial charge in [0.1, 0.15) is 6.04 Å². The first-order valence-corrected chi connectivity index (χ1v) is 8.75. The predicted octanol–water partition coefficient (Wildman–Crippen LogP) is 1.68. The molecule has 22 heavy (non-hydrogen) atoms. The minimum atomic E-state index is -0.204. The van der Waals surface area contributed by atoms with Gasteiger partial charge in [-0.25, -0.2) is 0 Å². The first-order valence-electron chi connectivity index (χ1n) is 8.75. The Labute approximate surface area is 133 Å². The highest BCUT2D eigenvalue weighted by Crippen LogP contribution is 2.45. The molecule has 0 aromatic carbocycles. The Morgan fingerprint density at radius 2 is 2.05 bits per heavy atom. The van der Waals surface area contributed by atoms with E-state index < -0.39 is 0 Å². The number of hydrogen-bond acceptors (Lipinski definition) is 4. The van der Waals surface area contributed by atoms with E-state index in [0.717, 1.165) is 37.8 Å². The van der Waals surface area contributed by atoms with E-state index in [0.29, 0.717) is 18.7 Å². The fourth-order valence-electron chi connectivity index (χ4n) is 4.63. The lowest BCUT2D eigenvalue weighted by Gasteiger charge is -2.21. The van der Waals surface area contributed by atoms with Crippen molar-refractivity contribution in [1.82, 2.24) is 10.2 Å². The lowest BCUT2D eigenvalue weighted by molar-refractivity contribution is -0.130. The molecule has 3 rings (SSSR count). The van der Waals surface area contributed by atoms with Crippen molar-refractivity contribution < 1.29 is 9.53 Å². The summed E-state index contributed by atoms with van der Waals surface area (Å²) in [5.41, 5.74) is 0. The summed E-state index contributed by atoms with van der Waals surface area (Å²) in [6.45, 7) is 4.01. The van der Waals surface area contributed by atoms with Gasteiger partial charge in [-0.05, 0) is 57.3 Å². The number of nitriles is 1. The molecule has 2 aliphatic carbocycles. The van der Waals surface area contributed by atoms with Gasteiger partial charge in [0.15, 0.2) is 0 Å². The van der Waals surface area contributed by atoms with Gasteiger partial charge in [0.25, 0.3) is 0 Å². The molecule has 1 heterocycles. The molecule has 0 bridgehead atoms. The van der Waals surface area contributed by atoms with Gasteiger partial charge in [-0.15, -0.1) is 0 Å². The average molecular weight is 305 g/mol. The monoisotopic (exact) mass is 305 g/mol. The SMILES string of the molecule is CCOC1CC2CC(NCC(=O)N3CCCC3C#N)CC2C1. The minimum Gasteiger partial charge on any atom is -0.378 e. The number of nitrogens with zero attached hydrogens (tertiary/aromatic N) is 2. The third kappa shape index (κ3) is 3.28. The summed E-state index contributed by atoms with van der Waals surface area (Å²) in [6, 6.07) is 2.49. The maximum Gasteiger partial charge on any atom is 0.237 e. The molecule has 1 N–H and O–H groups in total. The molecule has 3 aliphatic rings. The molecule has 0 radical (unpaired) electrons. The van der Waals surface area contributed by atoms with Crippen LogP contribution < -0.4 is 5.32 Å². The summed E-state index contributed by atoms with van der Waals surface area (Å²) in [4.78, 5) is 14.0. The number of fused-ring (bicyclic) bond motifs is 1. The van der Waals surface area contributed by atoms with Crippen LogP contribution in [0.3, 0.4) is 0 Å². The second-order valence-electron chi connectivity index (χ2n) is 6.99. The van der Waals surface area contributed by atoms with E-state index in [1.165, 1.54) is 25.7 Å². The zero-order valence-corrected chi connectivity index (χ0v) is 13.5. The molecule has 2 saturated carbocycles. The number of ether oxygens (including phenoxy) is 1. The quantitative estimate of drug-likeness (QED) is 0.839. The Balaban J connectivity index is 1.41. The van der Waals surface area contributed by atoms with Gasteiger partial charge in [0, 0.05) is 19.2 Å². The van der Waals surface area contributed by atoms with E-state index >= 15 is 0 Å². The van der Waals surface area contributed by atoms with E-state index in [4.69, 9.17) is 10.00 Å². The van der Waals surface area contributed by atoms with Gasteiger partial charge in [-0.2, -0.15) is 5.26 Å². The average Bonchev–Trinajstić information content (AvgIpc) is 3.18. The smallest absolute Gasteiger partial charge is 0.237 e. The van der Waals surface area contributed by atoms with Crippen molar-refractivity contribution in [3.8, 4) is 6.07 Å². The zero-order chi connectivity index (χ0) is 15.5. The Kier molecular flexibility index (Phi) is 5.00. The summed E-state index contributed by atoms with van der Waals surface area (Å²) in [5.74, 6) is 1.62. The van der Waals surface area contributed by atoms with Crippen molar-refractivity contribution >= 4 is 5.91 Å². The molecule has 5 heteroatoms. The van der Waals surface area contributed by atoms with Crippen LogP contribution in [-0.4, -0.2) is 48.7 Å². The molecule has 3 fully saturated rings. The van der Waals surface area contributed by atoms with Crippen LogP contribution in [0.1, 0.15) is 45.4 Å². The summed E-state index contributed by atoms with van der Waals surface area (Å²) in [5, 5.41) is 12.5. The van der Waals surface area contributed by atoms with Crippen LogP contribution in [0.4, 0.5) is 0 Å². The van der Waals surface area contributed by atoms with Gasteiger partial charge in [-0.3, -0.25) is 4.79 Å². The number of nitrogens with one attached hydrogen (secondary N) is 1. The highest BCUT2D eigenvalue weighted by Gasteiger charge is 2.42. The molecule has 122 valence electrons. The molecule has 0 aromatic rings. The number of hydrogen-bond donors (Lipinski definition) is 1. The maximum absolute atomic E-state index is 12.2. The van der Waals surface area contributed by atoms with Crippen molar-refractivity contribution in [3.63, 3.8) is 0 Å². The van der Waals surface area contributed by atoms with E-state index in [1.807, 2.05) is 0 Å². The van der Waals surface area contributed by atoms with Gasteiger partial charge >= 0.3 is 0 Å². The van der Waals surface area contributed by atoms with Crippen LogP contribution in [0, 0.1) is 23.2 Å². The molecule has 5 nitrogen and oxygen atoms in total. The van der Waals surface area contributed by atoms with Crippen LogP contribution in [0.15, 0.2) is 0 Å². The number of carbonyl (C=O) groups excluding carboxylic acids is 1. The highest BCUT2D eigenvalue weighted by molar-refractivity contribution is 5.79. The predicted molar refractivity (Wildman–Crippen MR) is 83.0 cm³/mol. The van der Waals surface area contributed by atoms with Crippen molar-refractivity contribution in [2.24, 2.45) is 11.8 Å². The number of rotatable bonds is 5. The third-order valence-electron chi connectivity index (χ3n) is 5.64. The van der Waals surface area contributed by atoms with Gasteiger partial charge in [-0.1, -0.05) is 0 Å². The molecule has 3 unspecified atom stereocenters. The fourth-order valence-corrected chi connectivity index (χ4v) is 4.63. The number of carbonyl (C=O) groups is 1. The van der Waals surface area contributed by atoms with Crippen LogP contribution in [0.2, 0.25) is 0 Å². The second kappa shape index (κ2) is 6.97. The van der Waals surface area contributed by atoms with Crippen LogP contribution in [-0.2, 0) is 9.53 Å². The summed E-state index contributed by atoms with van der Waals surface area (Å²) in [6.07, 6.45) is 6.96. The molecule has 3 atom stereocenters. The Morgan fingerprint density at radius 1 is 1.32 bits per heavy atom. The fraction of sp³-hybridized carbons (Fsp3) is 0.882. The Morgan fingerprint density at radius 3 is 2.68 bits per heavy atom. The second-order valence-corrected chi connectivity index (χ2v) is 6.99. The van der Waals surface area contributed by atoms with E-state index in [-0.39, 0.29) is 11.9 Å². The van der Waals surface area contributed by atoms with Crippen LogP contribution >= 0.6 is 0 Å². The topological polar surface area (TPSA) is 65.4 Å². The molecule has 1 saturated heterocycles. The van der Waals surface area contributed by atoms with Gasteiger partial charge < -0.3 is 15.0 Å². The first-order chi connectivity index (χ1) is 10.7. The molecule has 1 aliphatic heterocycles. The van der Waals surface area contributed by atoms with E-state index in [9.17, 15) is 4.79 Å². The maximum atomic E-state index is 12.2. The zero-order valence-electron chi connectivity index (χ0n) is 13.5. The molecule has 0 spiro atoms. The van der Waals surface area contributed by atoms with Gasteiger partial charge in [0.05, 0.1) is 18.7 Å². The largest absolute Gasteiger partial charge is 0.378 e. The normalized spacial score (nSPS) is 37.3. The Hall–Kier alpha value is -1.12. The van der Waals surface area contributed by atoms with E-state index in [1.54, 1.807) is 4.90 Å². The molecule has 0 aromatic heterocycles. The minimum absolute atomic E-state index is 0.0910. The molecule has 1 amide bonds. The first kappa shape index (κ1) is 15.8. The van der Waals surface area contributed by atoms with Crippen molar-refractivity contribution in [1.29, 1.82) is 5.26 Å². The summed E-state index contributed by atoms with van der Waals surface area (Å²) in [7, 11) is 0. The standard InChI is InChI=1S/C17H27N3O2/c1-2-22-16-8-12-6-14(7-13(12)9-16)19-11-17(21)20-5-3-4-15(20)10-18/h12-16,19H,2-9,11H2,1H3.